The highest BCUT2D eigenvalue weighted by Gasteiger charge is 2.20. The first-order chi connectivity index (χ1) is 11.3. The minimum absolute atomic E-state index is 0.0542. The number of hydrogen-bond donors (Lipinski definition) is 1. The highest BCUT2D eigenvalue weighted by atomic mass is 16.1. The van der Waals surface area contributed by atoms with Crippen molar-refractivity contribution in [2.45, 2.75) is 40.5 Å². The molecule has 4 heteroatoms. The summed E-state index contributed by atoms with van der Waals surface area (Å²) >= 11 is 0. The lowest BCUT2D eigenvalue weighted by Gasteiger charge is -2.23. The van der Waals surface area contributed by atoms with Crippen molar-refractivity contribution in [1.29, 1.82) is 0 Å². The number of hydrogen-bond acceptors (Lipinski definition) is 3. The molecule has 0 heterocycles. The Balaban J connectivity index is 3.67. The lowest BCUT2D eigenvalue weighted by atomic mass is 9.94. The van der Waals surface area contributed by atoms with Crippen LogP contribution in [0.15, 0.2) is 30.0 Å². The number of carbonyl (C=O) groups excluding carboxylic acids is 1. The minimum atomic E-state index is 0.0542. The van der Waals surface area contributed by atoms with Crippen molar-refractivity contribution in [3.8, 4) is 0 Å². The van der Waals surface area contributed by atoms with Crippen molar-refractivity contribution in [3.63, 3.8) is 0 Å². The molecule has 1 aromatic rings. The lowest BCUT2D eigenvalue weighted by molar-refractivity contribution is -0.488. The molecule has 0 aliphatic rings. The van der Waals surface area contributed by atoms with E-state index >= 15 is 0 Å². The van der Waals surface area contributed by atoms with Gasteiger partial charge in [0, 0.05) is 6.54 Å². The molecule has 0 atom stereocenters. The number of rotatable bonds is 8. The molecule has 0 aliphatic carbocycles. The van der Waals surface area contributed by atoms with Gasteiger partial charge in [-0.25, -0.2) is 4.58 Å². The molecule has 132 valence electrons. The summed E-state index contributed by atoms with van der Waals surface area (Å²) in [5, 5.41) is 0. The van der Waals surface area contributed by atoms with Crippen LogP contribution in [0.4, 0.5) is 0 Å². The van der Waals surface area contributed by atoms with E-state index < -0.39 is 0 Å². The van der Waals surface area contributed by atoms with Gasteiger partial charge in [0.25, 0.3) is 0 Å². The van der Waals surface area contributed by atoms with Crippen molar-refractivity contribution >= 4 is 17.6 Å². The highest BCUT2D eigenvalue weighted by molar-refractivity contribution is 6.23. The summed E-state index contributed by atoms with van der Waals surface area (Å²) in [7, 11) is 2.01. The Morgan fingerprint density at radius 3 is 2.46 bits per heavy atom. The Hall–Kier alpha value is -1.94. The molecule has 0 saturated carbocycles. The number of ketones is 1. The zero-order valence-electron chi connectivity index (χ0n) is 16.0. The van der Waals surface area contributed by atoms with Gasteiger partial charge in [-0.15, -0.1) is 0 Å². The van der Waals surface area contributed by atoms with Crippen molar-refractivity contribution in [1.82, 2.24) is 4.90 Å². The van der Waals surface area contributed by atoms with Crippen molar-refractivity contribution in [2.75, 3.05) is 26.8 Å². The lowest BCUT2D eigenvalue weighted by Crippen LogP contribution is -2.33. The van der Waals surface area contributed by atoms with Crippen LogP contribution in [0, 0.1) is 0 Å². The third-order valence-corrected chi connectivity index (χ3v) is 4.23. The first kappa shape index (κ1) is 20.1. The highest BCUT2D eigenvalue weighted by Crippen LogP contribution is 2.25. The minimum Gasteiger partial charge on any atom is -0.354 e. The van der Waals surface area contributed by atoms with E-state index in [-0.39, 0.29) is 5.78 Å². The van der Waals surface area contributed by atoms with Gasteiger partial charge in [-0.1, -0.05) is 38.1 Å². The summed E-state index contributed by atoms with van der Waals surface area (Å²) in [4.78, 5) is 14.5. The Labute approximate surface area is 146 Å². The number of allylic oxidation sites excluding steroid dienone is 2. The zero-order chi connectivity index (χ0) is 18.3. The third-order valence-electron chi connectivity index (χ3n) is 4.23. The van der Waals surface area contributed by atoms with Gasteiger partial charge in [0.2, 0.25) is 0 Å². The first-order valence-corrected chi connectivity index (χ1v) is 8.71. The summed E-state index contributed by atoms with van der Waals surface area (Å²) in [6.07, 6.45) is 2.02. The van der Waals surface area contributed by atoms with Gasteiger partial charge < -0.3 is 10.6 Å². The van der Waals surface area contributed by atoms with Crippen LogP contribution in [0.5, 0.6) is 0 Å². The van der Waals surface area contributed by atoms with E-state index in [9.17, 15) is 4.79 Å². The summed E-state index contributed by atoms with van der Waals surface area (Å²) in [6, 6.07) is 8.25. The van der Waals surface area contributed by atoms with Crippen LogP contribution in [0.2, 0.25) is 0 Å². The van der Waals surface area contributed by atoms with E-state index in [1.54, 1.807) is 6.92 Å². The predicted molar refractivity (Wildman–Crippen MR) is 102 cm³/mol. The first-order valence-electron chi connectivity index (χ1n) is 8.71. The molecule has 4 nitrogen and oxygen atoms in total. The summed E-state index contributed by atoms with van der Waals surface area (Å²) in [5.41, 5.74) is 9.73. The topological polar surface area (TPSA) is 49.3 Å². The summed E-state index contributed by atoms with van der Waals surface area (Å²) < 4.78 is 2.07. The fraction of sp³-hybridized carbons (Fsp3) is 0.500. The molecule has 1 aromatic carbocycles. The van der Waals surface area contributed by atoms with Crippen LogP contribution in [0.3, 0.4) is 0 Å². The van der Waals surface area contributed by atoms with Gasteiger partial charge in [-0.05, 0) is 37.8 Å². The molecule has 0 bridgehead atoms. The SMILES string of the molecule is CCN(CN)/C(C=[N+](C)CC)=C(/C(C)=O)c1cccc(C(C)C)c1. The summed E-state index contributed by atoms with van der Waals surface area (Å²) in [6.45, 7) is 12.1. The van der Waals surface area contributed by atoms with Crippen LogP contribution in [0.25, 0.3) is 5.57 Å². The van der Waals surface area contributed by atoms with E-state index in [1.165, 1.54) is 5.56 Å². The van der Waals surface area contributed by atoms with Gasteiger partial charge in [-0.3, -0.25) is 4.79 Å². The van der Waals surface area contributed by atoms with E-state index in [1.807, 2.05) is 30.3 Å². The van der Waals surface area contributed by atoms with Crippen LogP contribution in [-0.4, -0.2) is 48.3 Å². The van der Waals surface area contributed by atoms with Crippen molar-refractivity contribution < 1.29 is 9.37 Å². The molecule has 0 saturated heterocycles. The molecule has 0 aliphatic heterocycles. The molecule has 0 fully saturated rings. The average Bonchev–Trinajstić information content (AvgIpc) is 2.55. The smallest absolute Gasteiger partial charge is 0.187 e. The molecule has 1 rings (SSSR count). The zero-order valence-corrected chi connectivity index (χ0v) is 16.0. The number of nitrogens with zero attached hydrogens (tertiary/aromatic N) is 2. The predicted octanol–water partition coefficient (Wildman–Crippen LogP) is 3.08. The van der Waals surface area contributed by atoms with E-state index in [0.29, 0.717) is 12.6 Å². The molecular weight excluding hydrogens is 298 g/mol. The van der Waals surface area contributed by atoms with Crippen molar-refractivity contribution in [2.24, 2.45) is 5.73 Å². The second-order valence-corrected chi connectivity index (χ2v) is 6.34. The number of nitrogens with two attached hydrogens (primary N) is 1. The molecule has 0 aromatic heterocycles. The molecule has 0 amide bonds. The van der Waals surface area contributed by atoms with Gasteiger partial charge in [0.1, 0.15) is 19.3 Å². The largest absolute Gasteiger partial charge is 0.354 e. The maximum Gasteiger partial charge on any atom is 0.187 e. The number of Topliss-reactive ketones (excluding diaryl/α,β-unsaturated/α-hetero) is 1. The molecule has 2 N–H and O–H groups in total. The normalized spacial score (nSPS) is 13.1. The Bertz CT molecular complexity index is 626. The monoisotopic (exact) mass is 330 g/mol. The maximum absolute atomic E-state index is 12.5. The third kappa shape index (κ3) is 5.03. The van der Waals surface area contributed by atoms with Gasteiger partial charge in [0.05, 0.1) is 12.2 Å². The van der Waals surface area contributed by atoms with Crippen LogP contribution < -0.4 is 5.73 Å². The molecule has 0 unspecified atom stereocenters. The van der Waals surface area contributed by atoms with E-state index in [4.69, 9.17) is 5.73 Å². The Morgan fingerprint density at radius 2 is 2.00 bits per heavy atom. The molecule has 24 heavy (non-hydrogen) atoms. The Kier molecular flexibility index (Phi) is 7.86. The fourth-order valence-corrected chi connectivity index (χ4v) is 2.59. The van der Waals surface area contributed by atoms with Crippen molar-refractivity contribution in [3.05, 3.63) is 41.1 Å². The number of benzene rings is 1. The second kappa shape index (κ2) is 9.38. The van der Waals surface area contributed by atoms with Crippen LogP contribution in [-0.2, 0) is 4.79 Å². The summed E-state index contributed by atoms with van der Waals surface area (Å²) in [5.74, 6) is 0.472. The van der Waals surface area contributed by atoms with Crippen LogP contribution >= 0.6 is 0 Å². The Morgan fingerprint density at radius 1 is 1.33 bits per heavy atom. The van der Waals surface area contributed by atoms with Gasteiger partial charge in [0.15, 0.2) is 12.0 Å². The molecule has 0 spiro atoms. The molecule has 0 radical (unpaired) electrons. The van der Waals surface area contributed by atoms with E-state index in [0.717, 1.165) is 29.9 Å². The standard InChI is InChI=1S/C20H32N3O/c1-7-22(6)13-19(23(8-2)14-21)20(16(5)24)18-11-9-10-17(12-18)15(3)4/h9-13,15H,7-8,14,21H2,1-6H3/q+1/b20-19-,22-13?. The number of carbonyl (C=O) groups is 1. The molecular formula is C20H32N3O+. The maximum atomic E-state index is 12.5. The fourth-order valence-electron chi connectivity index (χ4n) is 2.59. The van der Waals surface area contributed by atoms with Gasteiger partial charge in [-0.2, -0.15) is 0 Å². The second-order valence-electron chi connectivity index (χ2n) is 6.34. The quantitative estimate of drug-likeness (QED) is 0.345. The van der Waals surface area contributed by atoms with Gasteiger partial charge >= 0.3 is 0 Å². The van der Waals surface area contributed by atoms with Crippen LogP contribution in [0.1, 0.15) is 51.7 Å². The average molecular weight is 330 g/mol. The van der Waals surface area contributed by atoms with E-state index in [2.05, 4.69) is 44.4 Å².